The standard InChI is InChI=1S/C19H20ClN3O5/c1-12(2)22-18(24)11-28-19(25)15-9-14(23(26)27)7-8-17(15)21-10-13-5-3-4-6-16(13)20/h3-9,12,21H,10-11H2,1-2H3,(H,22,24). The van der Waals surface area contributed by atoms with Gasteiger partial charge >= 0.3 is 5.97 Å². The fraction of sp³-hybridized carbons (Fsp3) is 0.263. The Labute approximate surface area is 167 Å². The molecule has 0 unspecified atom stereocenters. The Morgan fingerprint density at radius 1 is 1.21 bits per heavy atom. The number of hydrogen-bond acceptors (Lipinski definition) is 6. The highest BCUT2D eigenvalue weighted by molar-refractivity contribution is 6.31. The van der Waals surface area contributed by atoms with Crippen molar-refractivity contribution >= 4 is 34.9 Å². The van der Waals surface area contributed by atoms with Crippen molar-refractivity contribution in [3.05, 3.63) is 68.7 Å². The van der Waals surface area contributed by atoms with Gasteiger partial charge in [0, 0.05) is 35.4 Å². The van der Waals surface area contributed by atoms with Gasteiger partial charge in [-0.3, -0.25) is 14.9 Å². The second-order valence-corrected chi connectivity index (χ2v) is 6.64. The molecule has 0 aromatic heterocycles. The number of amides is 1. The maximum atomic E-state index is 12.4. The third-order valence-electron chi connectivity index (χ3n) is 3.65. The summed E-state index contributed by atoms with van der Waals surface area (Å²) >= 11 is 6.12. The van der Waals surface area contributed by atoms with Crippen LogP contribution in [0.1, 0.15) is 29.8 Å². The summed E-state index contributed by atoms with van der Waals surface area (Å²) in [5, 5.41) is 17.2. The lowest BCUT2D eigenvalue weighted by molar-refractivity contribution is -0.384. The second kappa shape index (κ2) is 9.70. The van der Waals surface area contributed by atoms with Gasteiger partial charge in [-0.2, -0.15) is 0 Å². The SMILES string of the molecule is CC(C)NC(=O)COC(=O)c1cc([N+](=O)[O-])ccc1NCc1ccccc1Cl. The molecule has 2 N–H and O–H groups in total. The highest BCUT2D eigenvalue weighted by Gasteiger charge is 2.19. The molecule has 28 heavy (non-hydrogen) atoms. The molecule has 1 amide bonds. The van der Waals surface area contributed by atoms with Crippen LogP contribution in [0.4, 0.5) is 11.4 Å². The molecular formula is C19H20ClN3O5. The number of esters is 1. The van der Waals surface area contributed by atoms with Crippen LogP contribution >= 0.6 is 11.6 Å². The largest absolute Gasteiger partial charge is 0.452 e. The Hall–Kier alpha value is -3.13. The molecule has 0 fully saturated rings. The van der Waals surface area contributed by atoms with Crippen molar-refractivity contribution in [2.75, 3.05) is 11.9 Å². The molecule has 9 heteroatoms. The van der Waals surface area contributed by atoms with E-state index in [0.717, 1.165) is 11.6 Å². The number of carbonyl (C=O) groups excluding carboxylic acids is 2. The lowest BCUT2D eigenvalue weighted by atomic mass is 10.1. The number of ether oxygens (including phenoxy) is 1. The van der Waals surface area contributed by atoms with Gasteiger partial charge in [0.25, 0.3) is 11.6 Å². The van der Waals surface area contributed by atoms with Gasteiger partial charge in [-0.25, -0.2) is 4.79 Å². The number of nitro groups is 1. The van der Waals surface area contributed by atoms with Crippen LogP contribution in [0.15, 0.2) is 42.5 Å². The Morgan fingerprint density at radius 2 is 1.93 bits per heavy atom. The van der Waals surface area contributed by atoms with Crippen molar-refractivity contribution < 1.29 is 19.2 Å². The zero-order valence-electron chi connectivity index (χ0n) is 15.4. The molecular weight excluding hydrogens is 386 g/mol. The van der Waals surface area contributed by atoms with Gasteiger partial charge in [-0.05, 0) is 31.5 Å². The number of non-ortho nitro benzene ring substituents is 1. The van der Waals surface area contributed by atoms with E-state index >= 15 is 0 Å². The normalized spacial score (nSPS) is 10.4. The molecule has 0 aliphatic heterocycles. The van der Waals surface area contributed by atoms with E-state index in [1.165, 1.54) is 12.1 Å². The van der Waals surface area contributed by atoms with Gasteiger partial charge in [0.05, 0.1) is 10.5 Å². The predicted octanol–water partition coefficient (Wildman–Crippen LogP) is 3.54. The van der Waals surface area contributed by atoms with Crippen molar-refractivity contribution in [1.82, 2.24) is 5.32 Å². The minimum Gasteiger partial charge on any atom is -0.452 e. The number of nitrogens with one attached hydrogen (secondary N) is 2. The first-order valence-electron chi connectivity index (χ1n) is 8.50. The van der Waals surface area contributed by atoms with E-state index in [1.54, 1.807) is 26.0 Å². The number of anilines is 1. The molecule has 0 aliphatic rings. The fourth-order valence-corrected chi connectivity index (χ4v) is 2.58. The molecule has 2 rings (SSSR count). The van der Waals surface area contributed by atoms with E-state index in [0.29, 0.717) is 17.3 Å². The molecule has 0 saturated carbocycles. The van der Waals surface area contributed by atoms with Crippen molar-refractivity contribution in [3.63, 3.8) is 0 Å². The third-order valence-corrected chi connectivity index (χ3v) is 4.01. The van der Waals surface area contributed by atoms with Crippen LogP contribution in [-0.4, -0.2) is 29.4 Å². The zero-order chi connectivity index (χ0) is 20.7. The third kappa shape index (κ3) is 5.95. The predicted molar refractivity (Wildman–Crippen MR) is 105 cm³/mol. The van der Waals surface area contributed by atoms with Crippen molar-refractivity contribution in [1.29, 1.82) is 0 Å². The van der Waals surface area contributed by atoms with Crippen LogP contribution in [0.2, 0.25) is 5.02 Å². The summed E-state index contributed by atoms with van der Waals surface area (Å²) in [6.45, 7) is 3.36. The first-order chi connectivity index (χ1) is 13.3. The molecule has 0 bridgehead atoms. The fourth-order valence-electron chi connectivity index (χ4n) is 2.37. The van der Waals surface area contributed by atoms with E-state index < -0.39 is 23.4 Å². The molecule has 148 valence electrons. The minimum atomic E-state index is -0.843. The van der Waals surface area contributed by atoms with E-state index in [1.807, 2.05) is 12.1 Å². The summed E-state index contributed by atoms with van der Waals surface area (Å²) in [5.74, 6) is -1.30. The quantitative estimate of drug-likeness (QED) is 0.395. The van der Waals surface area contributed by atoms with Crippen LogP contribution < -0.4 is 10.6 Å². The lowest BCUT2D eigenvalue weighted by Crippen LogP contribution is -2.34. The van der Waals surface area contributed by atoms with Gasteiger partial charge < -0.3 is 15.4 Å². The van der Waals surface area contributed by atoms with Gasteiger partial charge in [0.15, 0.2) is 6.61 Å². The summed E-state index contributed by atoms with van der Waals surface area (Å²) in [6, 6.07) is 10.9. The topological polar surface area (TPSA) is 111 Å². The molecule has 0 heterocycles. The first kappa shape index (κ1) is 21.2. The number of carbonyl (C=O) groups is 2. The smallest absolute Gasteiger partial charge is 0.341 e. The first-order valence-corrected chi connectivity index (χ1v) is 8.88. The van der Waals surface area contributed by atoms with Gasteiger partial charge in [-0.15, -0.1) is 0 Å². The maximum absolute atomic E-state index is 12.4. The second-order valence-electron chi connectivity index (χ2n) is 6.23. The molecule has 8 nitrogen and oxygen atoms in total. The monoisotopic (exact) mass is 405 g/mol. The molecule has 2 aromatic carbocycles. The van der Waals surface area contributed by atoms with Crippen molar-refractivity contribution in [2.45, 2.75) is 26.4 Å². The Kier molecular flexibility index (Phi) is 7.34. The maximum Gasteiger partial charge on any atom is 0.341 e. The Morgan fingerprint density at radius 3 is 2.57 bits per heavy atom. The summed E-state index contributed by atoms with van der Waals surface area (Å²) in [6.07, 6.45) is 0. The van der Waals surface area contributed by atoms with E-state index in [-0.39, 0.29) is 17.3 Å². The van der Waals surface area contributed by atoms with Crippen LogP contribution in [0, 0.1) is 10.1 Å². The zero-order valence-corrected chi connectivity index (χ0v) is 16.2. The van der Waals surface area contributed by atoms with E-state index in [2.05, 4.69) is 10.6 Å². The average molecular weight is 406 g/mol. The van der Waals surface area contributed by atoms with Gasteiger partial charge in [0.2, 0.25) is 0 Å². The van der Waals surface area contributed by atoms with E-state index in [9.17, 15) is 19.7 Å². The lowest BCUT2D eigenvalue weighted by Gasteiger charge is -2.13. The van der Waals surface area contributed by atoms with Crippen LogP contribution in [0.25, 0.3) is 0 Å². The number of nitro benzene ring substituents is 1. The number of benzene rings is 2. The molecule has 0 saturated heterocycles. The number of nitrogens with zero attached hydrogens (tertiary/aromatic N) is 1. The summed E-state index contributed by atoms with van der Waals surface area (Å²) in [4.78, 5) is 34.5. The van der Waals surface area contributed by atoms with Crippen LogP contribution in [0.3, 0.4) is 0 Å². The molecule has 0 spiro atoms. The van der Waals surface area contributed by atoms with Crippen LogP contribution in [-0.2, 0) is 16.1 Å². The highest BCUT2D eigenvalue weighted by Crippen LogP contribution is 2.25. The van der Waals surface area contributed by atoms with Gasteiger partial charge in [0.1, 0.15) is 0 Å². The number of hydrogen-bond donors (Lipinski definition) is 2. The van der Waals surface area contributed by atoms with Crippen molar-refractivity contribution in [3.8, 4) is 0 Å². The van der Waals surface area contributed by atoms with Crippen LogP contribution in [0.5, 0.6) is 0 Å². The van der Waals surface area contributed by atoms with Crippen molar-refractivity contribution in [2.24, 2.45) is 0 Å². The van der Waals surface area contributed by atoms with Gasteiger partial charge in [-0.1, -0.05) is 29.8 Å². The highest BCUT2D eigenvalue weighted by atomic mass is 35.5. The van der Waals surface area contributed by atoms with E-state index in [4.69, 9.17) is 16.3 Å². The number of halogens is 1. The summed E-state index contributed by atoms with van der Waals surface area (Å²) < 4.78 is 5.00. The minimum absolute atomic E-state index is 0.0430. The Bertz CT molecular complexity index is 886. The number of rotatable bonds is 8. The average Bonchev–Trinajstić information content (AvgIpc) is 2.64. The Balaban J connectivity index is 2.18. The molecule has 0 aliphatic carbocycles. The molecule has 2 aromatic rings. The summed E-state index contributed by atoms with van der Waals surface area (Å²) in [5.41, 5.74) is 0.818. The molecule has 0 radical (unpaired) electrons. The molecule has 0 atom stereocenters. The summed E-state index contributed by atoms with van der Waals surface area (Å²) in [7, 11) is 0.